The average molecular weight is 383 g/mol. The summed E-state index contributed by atoms with van der Waals surface area (Å²) in [6.07, 6.45) is 0.874. The van der Waals surface area contributed by atoms with E-state index in [1.807, 2.05) is 46.7 Å². The normalized spacial score (nSPS) is 14.5. The maximum atomic E-state index is 13.3. The summed E-state index contributed by atoms with van der Waals surface area (Å²) in [7, 11) is 0. The Kier molecular flexibility index (Phi) is 4.86. The van der Waals surface area contributed by atoms with Gasteiger partial charge in [-0.15, -0.1) is 22.7 Å². The molecule has 0 radical (unpaired) electrons. The molecule has 1 aliphatic heterocycles. The van der Waals surface area contributed by atoms with E-state index >= 15 is 0 Å². The van der Waals surface area contributed by atoms with E-state index < -0.39 is 6.04 Å². The van der Waals surface area contributed by atoms with E-state index in [2.05, 4.69) is 16.8 Å². The first-order chi connectivity index (χ1) is 12.7. The maximum absolute atomic E-state index is 13.3. The van der Waals surface area contributed by atoms with Gasteiger partial charge in [-0.25, -0.2) is 0 Å². The molecule has 0 fully saturated rings. The van der Waals surface area contributed by atoms with Gasteiger partial charge in [0, 0.05) is 18.0 Å². The number of nitrogens with zero attached hydrogens (tertiary/aromatic N) is 1. The number of rotatable bonds is 4. The predicted molar refractivity (Wildman–Crippen MR) is 104 cm³/mol. The van der Waals surface area contributed by atoms with Gasteiger partial charge in [-0.1, -0.05) is 36.4 Å². The van der Waals surface area contributed by atoms with Crippen molar-refractivity contribution in [1.29, 1.82) is 0 Å². The number of fused-ring (bicyclic) bond motifs is 1. The molecule has 2 amide bonds. The Morgan fingerprint density at radius 3 is 2.62 bits per heavy atom. The Balaban J connectivity index is 1.58. The Labute approximate surface area is 160 Å². The molecule has 0 saturated carbocycles. The van der Waals surface area contributed by atoms with Crippen LogP contribution < -0.4 is 5.32 Å². The van der Waals surface area contributed by atoms with Crippen LogP contribution in [0.5, 0.6) is 0 Å². The number of hydrogen-bond donors (Lipinski definition) is 1. The predicted octanol–water partition coefficient (Wildman–Crippen LogP) is 3.87. The molecular formula is C20H18N2O2S2. The fourth-order valence-corrected chi connectivity index (χ4v) is 4.68. The number of hydrogen-bond acceptors (Lipinski definition) is 4. The smallest absolute Gasteiger partial charge is 0.262 e. The second-order valence-corrected chi connectivity index (χ2v) is 8.12. The van der Waals surface area contributed by atoms with Crippen LogP contribution >= 0.6 is 22.7 Å². The highest BCUT2D eigenvalue weighted by molar-refractivity contribution is 7.12. The van der Waals surface area contributed by atoms with Crippen LogP contribution in [0.4, 0.5) is 0 Å². The van der Waals surface area contributed by atoms with Gasteiger partial charge in [0.1, 0.15) is 6.04 Å². The summed E-state index contributed by atoms with van der Waals surface area (Å²) in [5, 5.41) is 6.87. The second kappa shape index (κ2) is 7.43. The molecule has 2 aromatic heterocycles. The number of carbonyl (C=O) groups excluding carboxylic acids is 2. The largest absolute Gasteiger partial charge is 0.336 e. The average Bonchev–Trinajstić information content (AvgIpc) is 3.37. The Hall–Kier alpha value is -2.44. The molecule has 4 rings (SSSR count). The standard InChI is InChI=1S/C20H18N2O2S2/c23-19(17-7-4-11-25-17)21-18(14-5-2-1-3-6-14)20(24)22-10-8-16-15(13-22)9-12-26-16/h1-7,9,11-12,18H,8,10,13H2,(H,21,23). The SMILES string of the molecule is O=C(NC(C(=O)N1CCc2sccc2C1)c1ccccc1)c1cccs1. The van der Waals surface area contributed by atoms with E-state index in [9.17, 15) is 9.59 Å². The molecule has 0 bridgehead atoms. The van der Waals surface area contributed by atoms with Crippen LogP contribution in [0.15, 0.2) is 59.3 Å². The summed E-state index contributed by atoms with van der Waals surface area (Å²) in [6.45, 7) is 1.29. The van der Waals surface area contributed by atoms with Gasteiger partial charge in [0.05, 0.1) is 4.88 Å². The van der Waals surface area contributed by atoms with Gasteiger partial charge in [-0.05, 0) is 40.4 Å². The number of carbonyl (C=O) groups is 2. The zero-order valence-corrected chi connectivity index (χ0v) is 15.7. The summed E-state index contributed by atoms with van der Waals surface area (Å²) in [6, 6.07) is 14.5. The highest BCUT2D eigenvalue weighted by Crippen LogP contribution is 2.26. The Morgan fingerprint density at radius 2 is 1.85 bits per heavy atom. The summed E-state index contributed by atoms with van der Waals surface area (Å²) in [5.41, 5.74) is 2.02. The topological polar surface area (TPSA) is 49.4 Å². The van der Waals surface area contributed by atoms with Crippen LogP contribution in [0.25, 0.3) is 0 Å². The van der Waals surface area contributed by atoms with Crippen molar-refractivity contribution in [1.82, 2.24) is 10.2 Å². The Morgan fingerprint density at radius 1 is 1.00 bits per heavy atom. The first kappa shape index (κ1) is 17.0. The highest BCUT2D eigenvalue weighted by Gasteiger charge is 2.30. The lowest BCUT2D eigenvalue weighted by atomic mass is 10.0. The van der Waals surface area contributed by atoms with Gasteiger partial charge < -0.3 is 10.2 Å². The molecule has 3 heterocycles. The van der Waals surface area contributed by atoms with E-state index in [1.54, 1.807) is 17.4 Å². The minimum Gasteiger partial charge on any atom is -0.336 e. The van der Waals surface area contributed by atoms with Crippen molar-refractivity contribution in [2.75, 3.05) is 6.54 Å². The van der Waals surface area contributed by atoms with Gasteiger partial charge in [0.25, 0.3) is 5.91 Å². The number of thiophene rings is 2. The van der Waals surface area contributed by atoms with Crippen molar-refractivity contribution in [3.63, 3.8) is 0 Å². The molecule has 1 atom stereocenters. The van der Waals surface area contributed by atoms with Crippen LogP contribution in [0.3, 0.4) is 0 Å². The van der Waals surface area contributed by atoms with E-state index in [0.29, 0.717) is 18.0 Å². The highest BCUT2D eigenvalue weighted by atomic mass is 32.1. The molecule has 3 aromatic rings. The van der Waals surface area contributed by atoms with Gasteiger partial charge >= 0.3 is 0 Å². The summed E-state index contributed by atoms with van der Waals surface area (Å²) < 4.78 is 0. The van der Waals surface area contributed by atoms with Crippen molar-refractivity contribution in [2.24, 2.45) is 0 Å². The zero-order chi connectivity index (χ0) is 17.9. The molecule has 132 valence electrons. The molecule has 1 aliphatic rings. The van der Waals surface area contributed by atoms with E-state index in [0.717, 1.165) is 12.0 Å². The third-order valence-corrected chi connectivity index (χ3v) is 6.41. The van der Waals surface area contributed by atoms with Crippen molar-refractivity contribution < 1.29 is 9.59 Å². The lowest BCUT2D eigenvalue weighted by Gasteiger charge is -2.31. The van der Waals surface area contributed by atoms with Crippen molar-refractivity contribution >= 4 is 34.5 Å². The summed E-state index contributed by atoms with van der Waals surface area (Å²) in [5.74, 6) is -0.270. The minimum atomic E-state index is -0.675. The van der Waals surface area contributed by atoms with Crippen molar-refractivity contribution in [3.05, 3.63) is 80.2 Å². The summed E-state index contributed by atoms with van der Waals surface area (Å²) in [4.78, 5) is 29.6. The van der Waals surface area contributed by atoms with Crippen LogP contribution in [0, 0.1) is 0 Å². The van der Waals surface area contributed by atoms with Crippen LogP contribution in [0.1, 0.15) is 31.7 Å². The van der Waals surface area contributed by atoms with Crippen LogP contribution in [-0.2, 0) is 17.8 Å². The second-order valence-electron chi connectivity index (χ2n) is 6.17. The number of nitrogens with one attached hydrogen (secondary N) is 1. The molecule has 1 aromatic carbocycles. The molecule has 0 aliphatic carbocycles. The fourth-order valence-electron chi connectivity index (χ4n) is 3.16. The molecule has 26 heavy (non-hydrogen) atoms. The van der Waals surface area contributed by atoms with Crippen LogP contribution in [-0.4, -0.2) is 23.3 Å². The zero-order valence-electron chi connectivity index (χ0n) is 14.1. The van der Waals surface area contributed by atoms with Crippen molar-refractivity contribution in [3.8, 4) is 0 Å². The molecular weight excluding hydrogens is 364 g/mol. The molecule has 0 saturated heterocycles. The van der Waals surface area contributed by atoms with Gasteiger partial charge in [0.15, 0.2) is 0 Å². The molecule has 0 spiro atoms. The first-order valence-corrected chi connectivity index (χ1v) is 10.2. The first-order valence-electron chi connectivity index (χ1n) is 8.46. The van der Waals surface area contributed by atoms with Gasteiger partial charge in [0.2, 0.25) is 5.91 Å². The van der Waals surface area contributed by atoms with E-state index in [4.69, 9.17) is 0 Å². The van der Waals surface area contributed by atoms with E-state index in [-0.39, 0.29) is 11.8 Å². The molecule has 1 unspecified atom stereocenters. The maximum Gasteiger partial charge on any atom is 0.262 e. The fraction of sp³-hybridized carbons (Fsp3) is 0.200. The number of amides is 2. The van der Waals surface area contributed by atoms with Gasteiger partial charge in [-0.3, -0.25) is 9.59 Å². The van der Waals surface area contributed by atoms with Crippen molar-refractivity contribution in [2.45, 2.75) is 19.0 Å². The lowest BCUT2D eigenvalue weighted by Crippen LogP contribution is -2.44. The van der Waals surface area contributed by atoms with Crippen LogP contribution in [0.2, 0.25) is 0 Å². The summed E-state index contributed by atoms with van der Waals surface area (Å²) >= 11 is 3.12. The third-order valence-electron chi connectivity index (χ3n) is 4.52. The lowest BCUT2D eigenvalue weighted by molar-refractivity contribution is -0.134. The minimum absolute atomic E-state index is 0.0574. The molecule has 1 N–H and O–H groups in total. The van der Waals surface area contributed by atoms with E-state index in [1.165, 1.54) is 21.8 Å². The Bertz CT molecular complexity index is 903. The quantitative estimate of drug-likeness (QED) is 0.745. The monoisotopic (exact) mass is 382 g/mol. The molecule has 6 heteroatoms. The van der Waals surface area contributed by atoms with Gasteiger partial charge in [-0.2, -0.15) is 0 Å². The number of benzene rings is 1. The third kappa shape index (κ3) is 3.43. The molecule has 4 nitrogen and oxygen atoms in total.